The Balaban J connectivity index is 1.04. The van der Waals surface area contributed by atoms with E-state index in [1.54, 1.807) is 0 Å². The van der Waals surface area contributed by atoms with Gasteiger partial charge in [0.2, 0.25) is 0 Å². The smallest absolute Gasteiger partial charge is 0.145 e. The lowest BCUT2D eigenvalue weighted by Gasteiger charge is -2.45. The third kappa shape index (κ3) is 3.63. The minimum Gasteiger partial charge on any atom is -0.295 e. The Kier molecular flexibility index (Phi) is 5.73. The van der Waals surface area contributed by atoms with Crippen LogP contribution in [0.1, 0.15) is 73.2 Å². The van der Waals surface area contributed by atoms with E-state index in [9.17, 15) is 0 Å². The molecular weight excluding hydrogens is 657 g/mol. The molecule has 4 nitrogen and oxygen atoms in total. The highest BCUT2D eigenvalue weighted by atomic mass is 15.0. The molecule has 4 heteroatoms. The molecule has 0 saturated heterocycles. The molecule has 6 aromatic carbocycles. The van der Waals surface area contributed by atoms with Gasteiger partial charge in [0.05, 0.1) is 16.7 Å². The van der Waals surface area contributed by atoms with E-state index in [0.717, 1.165) is 11.3 Å². The van der Waals surface area contributed by atoms with Gasteiger partial charge in [-0.1, -0.05) is 149 Å². The Morgan fingerprint density at radius 1 is 0.463 bits per heavy atom. The van der Waals surface area contributed by atoms with Crippen molar-refractivity contribution in [1.82, 2.24) is 18.8 Å². The molecule has 2 aliphatic heterocycles. The first-order valence-electron chi connectivity index (χ1n) is 19.2. The summed E-state index contributed by atoms with van der Waals surface area (Å²) in [5.41, 5.74) is 14.8. The van der Waals surface area contributed by atoms with E-state index in [0.29, 0.717) is 0 Å². The molecule has 0 N–H and O–H groups in total. The molecule has 2 atom stereocenters. The van der Waals surface area contributed by atoms with Gasteiger partial charge in [0.25, 0.3) is 0 Å². The van der Waals surface area contributed by atoms with E-state index in [1.165, 1.54) is 88.1 Å². The zero-order chi connectivity index (χ0) is 36.1. The maximum absolute atomic E-state index is 5.13. The van der Waals surface area contributed by atoms with Crippen molar-refractivity contribution in [3.63, 3.8) is 0 Å². The molecule has 2 aliphatic rings. The van der Waals surface area contributed by atoms with E-state index in [2.05, 4.69) is 182 Å². The first-order valence-corrected chi connectivity index (χ1v) is 19.2. The Morgan fingerprint density at radius 2 is 1.09 bits per heavy atom. The summed E-state index contributed by atoms with van der Waals surface area (Å²) in [7, 11) is 0. The molecule has 2 unspecified atom stereocenters. The van der Waals surface area contributed by atoms with Crippen molar-refractivity contribution in [2.75, 3.05) is 0 Å². The lowest BCUT2D eigenvalue weighted by atomic mass is 9.61. The lowest BCUT2D eigenvalue weighted by molar-refractivity contribution is 0.288. The minimum absolute atomic E-state index is 0.0481. The number of rotatable bonds is 3. The van der Waals surface area contributed by atoms with Crippen LogP contribution in [0.15, 0.2) is 146 Å². The van der Waals surface area contributed by atoms with Crippen molar-refractivity contribution in [1.29, 1.82) is 0 Å². The van der Waals surface area contributed by atoms with Gasteiger partial charge in [0.1, 0.15) is 11.3 Å². The van der Waals surface area contributed by atoms with E-state index < -0.39 is 0 Å². The maximum Gasteiger partial charge on any atom is 0.145 e. The van der Waals surface area contributed by atoms with Crippen molar-refractivity contribution >= 4 is 54.6 Å². The van der Waals surface area contributed by atoms with Gasteiger partial charge in [-0.2, -0.15) is 0 Å². The van der Waals surface area contributed by atoms with Crippen LogP contribution in [0.3, 0.4) is 0 Å². The average molecular weight is 695 g/mol. The number of pyridine rings is 2. The van der Waals surface area contributed by atoms with Gasteiger partial charge in [-0.15, -0.1) is 0 Å². The monoisotopic (exact) mass is 694 g/mol. The minimum atomic E-state index is -0.0635. The Labute approximate surface area is 313 Å². The largest absolute Gasteiger partial charge is 0.295 e. The number of hydrogen-bond donors (Lipinski definition) is 0. The highest BCUT2D eigenvalue weighted by Gasteiger charge is 2.46. The van der Waals surface area contributed by atoms with Crippen molar-refractivity contribution in [2.24, 2.45) is 0 Å². The van der Waals surface area contributed by atoms with Gasteiger partial charge in [0, 0.05) is 62.3 Å². The van der Waals surface area contributed by atoms with Gasteiger partial charge in [-0.3, -0.25) is 8.80 Å². The fourth-order valence-corrected chi connectivity index (χ4v) is 10.3. The molecule has 258 valence electrons. The normalized spacial score (nSPS) is 18.3. The second kappa shape index (κ2) is 10.2. The number of imidazole rings is 2. The van der Waals surface area contributed by atoms with Crippen LogP contribution < -0.4 is 0 Å². The van der Waals surface area contributed by atoms with Crippen LogP contribution in [0.25, 0.3) is 65.8 Å². The average Bonchev–Trinajstić information content (AvgIpc) is 3.87. The van der Waals surface area contributed by atoms with Crippen LogP contribution >= 0.6 is 0 Å². The van der Waals surface area contributed by atoms with Crippen LogP contribution in [0, 0.1) is 0 Å². The van der Waals surface area contributed by atoms with E-state index in [1.807, 2.05) is 0 Å². The zero-order valence-corrected chi connectivity index (χ0v) is 30.8. The fraction of sp³-hybridized carbons (Fsp3) is 0.160. The first-order chi connectivity index (χ1) is 26.3. The van der Waals surface area contributed by atoms with E-state index in [-0.39, 0.29) is 22.7 Å². The third-order valence-corrected chi connectivity index (χ3v) is 13.7. The Bertz CT molecular complexity index is 3220. The van der Waals surface area contributed by atoms with Gasteiger partial charge < -0.3 is 0 Å². The molecule has 0 saturated carbocycles. The zero-order valence-electron chi connectivity index (χ0n) is 30.8. The Hall–Kier alpha value is -6.26. The second-order valence-electron chi connectivity index (χ2n) is 16.6. The SMILES string of the molecule is CC1(C)c2cccc3c4cc(-c5ccc(C6c7cnc8c9ccccc9c9cccc(c9n78)C6c6ccccc6)cc5)ccc4c4ncc(n4c23)C1(C)C. The number of nitrogens with zero attached hydrogens (tertiary/aromatic N) is 4. The number of aromatic nitrogens is 4. The quantitative estimate of drug-likeness (QED) is 0.173. The number of para-hydroxylation sites is 2. The summed E-state index contributed by atoms with van der Waals surface area (Å²) in [5, 5.41) is 7.46. The van der Waals surface area contributed by atoms with Crippen molar-refractivity contribution in [3.05, 3.63) is 179 Å². The molecule has 0 spiro atoms. The summed E-state index contributed by atoms with van der Waals surface area (Å²) in [4.78, 5) is 10.2. The predicted octanol–water partition coefficient (Wildman–Crippen LogP) is 12.1. The second-order valence-corrected chi connectivity index (χ2v) is 16.6. The highest BCUT2D eigenvalue weighted by Crippen LogP contribution is 2.52. The van der Waals surface area contributed by atoms with Crippen molar-refractivity contribution in [2.45, 2.75) is 50.4 Å². The van der Waals surface area contributed by atoms with Crippen LogP contribution in [-0.2, 0) is 10.8 Å². The van der Waals surface area contributed by atoms with Gasteiger partial charge in [0.15, 0.2) is 0 Å². The molecule has 12 rings (SSSR count). The summed E-state index contributed by atoms with van der Waals surface area (Å²) >= 11 is 0. The summed E-state index contributed by atoms with van der Waals surface area (Å²) in [6.45, 7) is 9.50. The van der Waals surface area contributed by atoms with Crippen LogP contribution in [-0.4, -0.2) is 18.8 Å². The Morgan fingerprint density at radius 3 is 1.91 bits per heavy atom. The standard InChI is InChI=1S/C50H38N4/c1-49(2)40-19-11-17-35-39-26-32(24-25-37(39)48-52-28-42(50(49,3)4)54(48)46(35)40)29-20-22-31(23-21-29)44-41-27-51-47-36-15-9-8-14-33(36)34-16-10-18-38(45(34)53(41)47)43(44)30-12-6-5-7-13-30/h5-28,43-44H,1-4H3. The van der Waals surface area contributed by atoms with Crippen LogP contribution in [0.4, 0.5) is 0 Å². The van der Waals surface area contributed by atoms with Gasteiger partial charge >= 0.3 is 0 Å². The number of fused-ring (bicyclic) bond motifs is 6. The van der Waals surface area contributed by atoms with Crippen molar-refractivity contribution in [3.8, 4) is 11.1 Å². The summed E-state index contributed by atoms with van der Waals surface area (Å²) in [5.74, 6) is 0.237. The predicted molar refractivity (Wildman–Crippen MR) is 222 cm³/mol. The van der Waals surface area contributed by atoms with Crippen LogP contribution in [0.2, 0.25) is 0 Å². The molecule has 0 bridgehead atoms. The number of benzene rings is 6. The molecule has 54 heavy (non-hydrogen) atoms. The molecule has 0 radical (unpaired) electrons. The molecule has 0 amide bonds. The van der Waals surface area contributed by atoms with E-state index in [4.69, 9.17) is 9.97 Å². The van der Waals surface area contributed by atoms with Gasteiger partial charge in [-0.25, -0.2) is 9.97 Å². The molecule has 4 aromatic heterocycles. The topological polar surface area (TPSA) is 34.6 Å². The maximum atomic E-state index is 5.13. The van der Waals surface area contributed by atoms with Crippen LogP contribution in [0.5, 0.6) is 0 Å². The molecule has 10 aromatic rings. The summed E-state index contributed by atoms with van der Waals surface area (Å²) in [6.07, 6.45) is 4.25. The highest BCUT2D eigenvalue weighted by molar-refractivity contribution is 6.15. The molecule has 0 aliphatic carbocycles. The molecule has 6 heterocycles. The number of hydrogen-bond acceptors (Lipinski definition) is 2. The van der Waals surface area contributed by atoms with E-state index >= 15 is 0 Å². The first kappa shape index (κ1) is 30.2. The third-order valence-electron chi connectivity index (χ3n) is 13.7. The summed E-state index contributed by atoms with van der Waals surface area (Å²) < 4.78 is 4.89. The van der Waals surface area contributed by atoms with Crippen molar-refractivity contribution < 1.29 is 0 Å². The summed E-state index contributed by atoms with van der Waals surface area (Å²) in [6, 6.07) is 49.8. The van der Waals surface area contributed by atoms with Gasteiger partial charge in [-0.05, 0) is 56.3 Å². The molecule has 0 fully saturated rings. The lowest BCUT2D eigenvalue weighted by Crippen LogP contribution is -2.44. The molecular formula is C50H38N4. The fourth-order valence-electron chi connectivity index (χ4n) is 10.3.